The molecule has 11 heavy (non-hydrogen) atoms. The van der Waals surface area contributed by atoms with E-state index in [1.165, 1.54) is 0 Å². The van der Waals surface area contributed by atoms with Crippen molar-refractivity contribution in [3.8, 4) is 0 Å². The number of hydrogen-bond acceptors (Lipinski definition) is 3. The molecule has 1 N–H and O–H groups in total. The van der Waals surface area contributed by atoms with E-state index in [0.29, 0.717) is 19.4 Å². The number of carboxylic acids is 1. The smallest absolute Gasteiger partial charge is 0.309 e. The first-order valence-electron chi connectivity index (χ1n) is 3.58. The molecule has 1 heterocycles. The van der Waals surface area contributed by atoms with Crippen LogP contribution in [0.4, 0.5) is 0 Å². The van der Waals surface area contributed by atoms with E-state index in [9.17, 15) is 9.59 Å². The Morgan fingerprint density at radius 2 is 2.45 bits per heavy atom. The monoisotopic (exact) mass is 158 g/mol. The number of cyclic esters (lactones) is 1. The highest BCUT2D eigenvalue weighted by molar-refractivity contribution is 5.75. The van der Waals surface area contributed by atoms with E-state index in [2.05, 4.69) is 4.74 Å². The Bertz CT molecular complexity index is 175. The van der Waals surface area contributed by atoms with E-state index >= 15 is 0 Å². The minimum absolute atomic E-state index is 0.0553. The predicted molar refractivity (Wildman–Crippen MR) is 35.9 cm³/mol. The topological polar surface area (TPSA) is 63.6 Å². The van der Waals surface area contributed by atoms with Gasteiger partial charge in [0.15, 0.2) is 0 Å². The maximum Gasteiger partial charge on any atom is 0.309 e. The van der Waals surface area contributed by atoms with Gasteiger partial charge in [-0.3, -0.25) is 9.59 Å². The molecule has 4 nitrogen and oxygen atoms in total. The SMILES string of the molecule is O=C(O)CC[C@@H]1CCOC1=O. The molecule has 62 valence electrons. The van der Waals surface area contributed by atoms with Crippen molar-refractivity contribution in [1.29, 1.82) is 0 Å². The van der Waals surface area contributed by atoms with Gasteiger partial charge in [0.25, 0.3) is 0 Å². The molecular formula is C7H10O4. The fraction of sp³-hybridized carbons (Fsp3) is 0.714. The minimum atomic E-state index is -0.857. The zero-order chi connectivity index (χ0) is 8.27. The fourth-order valence-electron chi connectivity index (χ4n) is 1.10. The van der Waals surface area contributed by atoms with Crippen LogP contribution in [0.3, 0.4) is 0 Å². The molecule has 0 spiro atoms. The Morgan fingerprint density at radius 1 is 1.73 bits per heavy atom. The van der Waals surface area contributed by atoms with Crippen LogP contribution in [0.1, 0.15) is 19.3 Å². The van der Waals surface area contributed by atoms with Crippen LogP contribution in [0.2, 0.25) is 0 Å². The molecule has 1 fully saturated rings. The number of hydrogen-bond donors (Lipinski definition) is 1. The third-order valence-corrected chi connectivity index (χ3v) is 1.75. The highest BCUT2D eigenvalue weighted by Crippen LogP contribution is 2.19. The zero-order valence-electron chi connectivity index (χ0n) is 6.08. The summed E-state index contributed by atoms with van der Waals surface area (Å²) >= 11 is 0. The molecule has 0 aliphatic carbocycles. The van der Waals surface area contributed by atoms with Crippen molar-refractivity contribution in [2.24, 2.45) is 5.92 Å². The fourth-order valence-corrected chi connectivity index (χ4v) is 1.10. The molecule has 1 aliphatic rings. The molecule has 1 atom stereocenters. The third kappa shape index (κ3) is 2.22. The van der Waals surface area contributed by atoms with Gasteiger partial charge in [0.05, 0.1) is 12.5 Å². The Kier molecular flexibility index (Phi) is 2.46. The largest absolute Gasteiger partial charge is 0.481 e. The van der Waals surface area contributed by atoms with Crippen molar-refractivity contribution in [3.05, 3.63) is 0 Å². The summed E-state index contributed by atoms with van der Waals surface area (Å²) in [6.45, 7) is 0.448. The highest BCUT2D eigenvalue weighted by atomic mass is 16.5. The molecule has 0 aromatic carbocycles. The normalized spacial score (nSPS) is 23.3. The van der Waals surface area contributed by atoms with Gasteiger partial charge in [-0.25, -0.2) is 0 Å². The van der Waals surface area contributed by atoms with Crippen molar-refractivity contribution >= 4 is 11.9 Å². The van der Waals surface area contributed by atoms with Gasteiger partial charge in [-0.2, -0.15) is 0 Å². The van der Waals surface area contributed by atoms with Crippen molar-refractivity contribution in [2.75, 3.05) is 6.61 Å². The van der Waals surface area contributed by atoms with Crippen LogP contribution in [0.25, 0.3) is 0 Å². The van der Waals surface area contributed by atoms with Crippen molar-refractivity contribution < 1.29 is 19.4 Å². The van der Waals surface area contributed by atoms with Gasteiger partial charge in [-0.15, -0.1) is 0 Å². The maximum absolute atomic E-state index is 10.8. The van der Waals surface area contributed by atoms with E-state index in [-0.39, 0.29) is 18.3 Å². The number of rotatable bonds is 3. The lowest BCUT2D eigenvalue weighted by atomic mass is 10.0. The Balaban J connectivity index is 2.26. The first kappa shape index (κ1) is 8.04. The second kappa shape index (κ2) is 3.37. The molecule has 0 saturated carbocycles. The van der Waals surface area contributed by atoms with Crippen LogP contribution in [0.5, 0.6) is 0 Å². The van der Waals surface area contributed by atoms with Gasteiger partial charge in [0, 0.05) is 6.42 Å². The van der Waals surface area contributed by atoms with E-state index < -0.39 is 5.97 Å². The number of aliphatic carboxylic acids is 1. The van der Waals surface area contributed by atoms with Crippen LogP contribution in [-0.4, -0.2) is 23.7 Å². The quantitative estimate of drug-likeness (QED) is 0.604. The van der Waals surface area contributed by atoms with Crippen molar-refractivity contribution in [1.82, 2.24) is 0 Å². The van der Waals surface area contributed by atoms with Crippen molar-refractivity contribution in [2.45, 2.75) is 19.3 Å². The van der Waals surface area contributed by atoms with Gasteiger partial charge < -0.3 is 9.84 Å². The minimum Gasteiger partial charge on any atom is -0.481 e. The number of esters is 1. The molecule has 0 unspecified atom stereocenters. The summed E-state index contributed by atoms with van der Waals surface area (Å²) in [6, 6.07) is 0. The molecule has 4 heteroatoms. The third-order valence-electron chi connectivity index (χ3n) is 1.75. The molecule has 0 amide bonds. The Hall–Kier alpha value is -1.06. The number of carboxylic acid groups (broad SMARTS) is 1. The second-order valence-electron chi connectivity index (χ2n) is 2.59. The average Bonchev–Trinajstić information content (AvgIpc) is 2.31. The molecule has 0 radical (unpaired) electrons. The maximum atomic E-state index is 10.8. The van der Waals surface area contributed by atoms with Crippen LogP contribution in [0.15, 0.2) is 0 Å². The first-order chi connectivity index (χ1) is 5.20. The van der Waals surface area contributed by atoms with Crippen LogP contribution < -0.4 is 0 Å². The predicted octanol–water partition coefficient (Wildman–Crippen LogP) is 0.414. The van der Waals surface area contributed by atoms with E-state index in [0.717, 1.165) is 0 Å². The second-order valence-corrected chi connectivity index (χ2v) is 2.59. The molecule has 0 aromatic heterocycles. The number of ether oxygens (including phenoxy) is 1. The summed E-state index contributed by atoms with van der Waals surface area (Å²) in [5, 5.41) is 8.31. The van der Waals surface area contributed by atoms with Gasteiger partial charge in [0.2, 0.25) is 0 Å². The molecule has 1 aliphatic heterocycles. The molecule has 0 aromatic rings. The lowest BCUT2D eigenvalue weighted by Gasteiger charge is -2.00. The van der Waals surface area contributed by atoms with Gasteiger partial charge in [-0.1, -0.05) is 0 Å². The van der Waals surface area contributed by atoms with E-state index in [1.807, 2.05) is 0 Å². The molecule has 1 saturated heterocycles. The number of carbonyl (C=O) groups excluding carboxylic acids is 1. The summed E-state index contributed by atoms with van der Waals surface area (Å²) < 4.78 is 4.67. The first-order valence-corrected chi connectivity index (χ1v) is 3.58. The van der Waals surface area contributed by atoms with E-state index in [1.54, 1.807) is 0 Å². The van der Waals surface area contributed by atoms with Gasteiger partial charge in [-0.05, 0) is 12.8 Å². The standard InChI is InChI=1S/C7H10O4/c8-6(9)2-1-5-3-4-11-7(5)10/h5H,1-4H2,(H,8,9)/t5-/m1/s1. The summed E-state index contributed by atoms with van der Waals surface area (Å²) in [5.74, 6) is -1.28. The van der Waals surface area contributed by atoms with Gasteiger partial charge >= 0.3 is 11.9 Å². The average molecular weight is 158 g/mol. The van der Waals surface area contributed by atoms with Crippen LogP contribution in [-0.2, 0) is 14.3 Å². The summed E-state index contributed by atoms with van der Waals surface area (Å²) in [4.78, 5) is 20.9. The molecule has 1 rings (SSSR count). The van der Waals surface area contributed by atoms with Crippen LogP contribution in [0, 0.1) is 5.92 Å². The lowest BCUT2D eigenvalue weighted by molar-refractivity contribution is -0.142. The highest BCUT2D eigenvalue weighted by Gasteiger charge is 2.26. The Labute approximate surface area is 64.2 Å². The molecule has 0 bridgehead atoms. The molecular weight excluding hydrogens is 148 g/mol. The van der Waals surface area contributed by atoms with E-state index in [4.69, 9.17) is 5.11 Å². The number of carbonyl (C=O) groups is 2. The Morgan fingerprint density at radius 3 is 2.91 bits per heavy atom. The lowest BCUT2D eigenvalue weighted by Crippen LogP contribution is -2.09. The summed E-state index contributed by atoms with van der Waals surface area (Å²) in [5.41, 5.74) is 0. The summed E-state index contributed by atoms with van der Waals surface area (Å²) in [6.07, 6.45) is 1.14. The zero-order valence-corrected chi connectivity index (χ0v) is 6.08. The summed E-state index contributed by atoms with van der Waals surface area (Å²) in [7, 11) is 0. The van der Waals surface area contributed by atoms with Gasteiger partial charge in [0.1, 0.15) is 0 Å². The van der Waals surface area contributed by atoms with Crippen molar-refractivity contribution in [3.63, 3.8) is 0 Å². The van der Waals surface area contributed by atoms with Crippen LogP contribution >= 0.6 is 0 Å².